The Balaban J connectivity index is 1.95. The first-order valence-corrected chi connectivity index (χ1v) is 8.64. The van der Waals surface area contributed by atoms with E-state index in [0.717, 1.165) is 0 Å². The Morgan fingerprint density at radius 3 is 2.76 bits per heavy atom. The van der Waals surface area contributed by atoms with Crippen molar-refractivity contribution in [2.24, 2.45) is 11.8 Å². The second kappa shape index (κ2) is 5.93. The fourth-order valence-electron chi connectivity index (χ4n) is 4.02. The molecule has 0 radical (unpaired) electrons. The molecule has 0 aliphatic carbocycles. The van der Waals surface area contributed by atoms with Crippen molar-refractivity contribution in [3.8, 4) is 0 Å². The van der Waals surface area contributed by atoms with E-state index in [1.54, 1.807) is 19.9 Å². The van der Waals surface area contributed by atoms with Crippen LogP contribution in [0.1, 0.15) is 27.2 Å². The number of carbonyl (C=O) groups is 2. The molecule has 2 fully saturated rings. The Morgan fingerprint density at radius 1 is 1.40 bits per heavy atom. The lowest BCUT2D eigenvalue weighted by molar-refractivity contribution is -0.877. The van der Waals surface area contributed by atoms with Crippen LogP contribution in [0.3, 0.4) is 0 Å². The number of esters is 2. The lowest BCUT2D eigenvalue weighted by atomic mass is 9.78. The summed E-state index contributed by atoms with van der Waals surface area (Å²) in [4.78, 5) is 24.9. The highest BCUT2D eigenvalue weighted by Crippen LogP contribution is 2.39. The maximum absolute atomic E-state index is 12.9. The number of hydroxylamine groups is 3. The Morgan fingerprint density at radius 2 is 2.08 bits per heavy atom. The zero-order valence-corrected chi connectivity index (χ0v) is 14.9. The van der Waals surface area contributed by atoms with Crippen molar-refractivity contribution >= 4 is 11.9 Å². The molecule has 138 valence electrons. The van der Waals surface area contributed by atoms with Gasteiger partial charge in [-0.05, 0) is 18.9 Å². The first kappa shape index (κ1) is 18.1. The number of hydrogen-bond donors (Lipinski definition) is 1. The molecule has 3 aliphatic rings. The zero-order valence-electron chi connectivity index (χ0n) is 14.9. The topological polar surface area (TPSA) is 95.9 Å². The molecule has 0 aromatic heterocycles. The second-order valence-corrected chi connectivity index (χ2v) is 7.64. The van der Waals surface area contributed by atoms with Gasteiger partial charge < -0.3 is 24.4 Å². The van der Waals surface area contributed by atoms with Crippen molar-refractivity contribution in [2.75, 3.05) is 19.7 Å². The third-order valence-corrected chi connectivity index (χ3v) is 6.18. The minimum Gasteiger partial charge on any atom is -0.632 e. The van der Waals surface area contributed by atoms with Gasteiger partial charge in [0.2, 0.25) is 0 Å². The molecule has 3 aliphatic heterocycles. The molecule has 0 bridgehead atoms. The van der Waals surface area contributed by atoms with Gasteiger partial charge in [0.05, 0.1) is 13.1 Å². The number of rotatable bonds is 0. The average molecular weight is 351 g/mol. The Bertz CT molecular complexity index is 654. The van der Waals surface area contributed by atoms with Crippen LogP contribution in [-0.2, 0) is 19.1 Å². The molecule has 0 amide bonds. The number of aliphatic hydroxyl groups is 1. The molecular formula is C18H25NO6. The highest BCUT2D eigenvalue weighted by atomic mass is 16.6. The summed E-state index contributed by atoms with van der Waals surface area (Å²) in [5.74, 6) is -2.42. The van der Waals surface area contributed by atoms with E-state index >= 15 is 0 Å². The second-order valence-electron chi connectivity index (χ2n) is 7.64. The number of quaternary nitrogens is 1. The van der Waals surface area contributed by atoms with E-state index in [0.29, 0.717) is 18.5 Å². The summed E-state index contributed by atoms with van der Waals surface area (Å²) in [5.41, 5.74) is -0.943. The van der Waals surface area contributed by atoms with E-state index in [4.69, 9.17) is 9.47 Å². The maximum atomic E-state index is 12.9. The fourth-order valence-corrected chi connectivity index (χ4v) is 4.02. The van der Waals surface area contributed by atoms with Gasteiger partial charge >= 0.3 is 11.9 Å². The molecule has 25 heavy (non-hydrogen) atoms. The summed E-state index contributed by atoms with van der Waals surface area (Å²) in [5, 5.41) is 23.5. The van der Waals surface area contributed by atoms with Crippen molar-refractivity contribution < 1.29 is 28.8 Å². The predicted molar refractivity (Wildman–Crippen MR) is 88.8 cm³/mol. The molecular weight excluding hydrogens is 326 g/mol. The van der Waals surface area contributed by atoms with Crippen molar-refractivity contribution in [2.45, 2.75) is 44.9 Å². The molecule has 7 heteroatoms. The molecule has 0 aromatic carbocycles. The zero-order chi connectivity index (χ0) is 18.6. The molecule has 0 spiro atoms. The number of ether oxygens (including phenoxy) is 2. The van der Waals surface area contributed by atoms with Crippen molar-refractivity contribution in [1.82, 2.24) is 0 Å². The van der Waals surface area contributed by atoms with E-state index in [9.17, 15) is 19.9 Å². The van der Waals surface area contributed by atoms with Crippen LogP contribution < -0.4 is 0 Å². The van der Waals surface area contributed by atoms with Crippen molar-refractivity contribution in [3.05, 3.63) is 29.0 Å². The third-order valence-electron chi connectivity index (χ3n) is 6.18. The summed E-state index contributed by atoms with van der Waals surface area (Å²) in [6.07, 6.45) is 1.68. The van der Waals surface area contributed by atoms with Crippen molar-refractivity contribution in [1.29, 1.82) is 0 Å². The summed E-state index contributed by atoms with van der Waals surface area (Å²) < 4.78 is 10.4. The first-order valence-electron chi connectivity index (χ1n) is 8.64. The molecule has 6 atom stereocenters. The Hall–Kier alpha value is -1.70. The van der Waals surface area contributed by atoms with Crippen LogP contribution >= 0.6 is 0 Å². The lowest BCUT2D eigenvalue weighted by Gasteiger charge is -2.41. The van der Waals surface area contributed by atoms with Crippen LogP contribution in [0.15, 0.2) is 23.8 Å². The molecule has 3 rings (SSSR count). The van der Waals surface area contributed by atoms with Gasteiger partial charge in [-0.1, -0.05) is 20.4 Å². The highest BCUT2D eigenvalue weighted by molar-refractivity contribution is 5.89. The Labute approximate surface area is 147 Å². The van der Waals surface area contributed by atoms with Crippen LogP contribution in [0.25, 0.3) is 0 Å². The molecule has 3 heterocycles. The standard InChI is InChI=1S/C18H25NO6/c1-10-11(2)16(20)25-14-6-8-19(23)7-5-13(15(14)19)9-24-17(21)18(4,22)12(10)3/h5,10,12,14-15,22H,2,6-9H2,1,3-4H3/t10-,12?,14?,15+,18+,19?/m0/s1. The van der Waals surface area contributed by atoms with E-state index in [2.05, 4.69) is 6.58 Å². The number of nitrogens with zero attached hydrogens (tertiary/aromatic N) is 1. The quantitative estimate of drug-likeness (QED) is 0.230. The summed E-state index contributed by atoms with van der Waals surface area (Å²) in [6, 6.07) is -0.554. The van der Waals surface area contributed by atoms with Crippen LogP contribution in [0, 0.1) is 17.0 Å². The number of hydrogen-bond acceptors (Lipinski definition) is 6. The minimum atomic E-state index is -1.78. The predicted octanol–water partition coefficient (Wildman–Crippen LogP) is 1.06. The largest absolute Gasteiger partial charge is 0.632 e. The van der Waals surface area contributed by atoms with Gasteiger partial charge in [0.1, 0.15) is 6.61 Å². The summed E-state index contributed by atoms with van der Waals surface area (Å²) in [7, 11) is 0. The Kier molecular flexibility index (Phi) is 4.29. The minimum absolute atomic E-state index is 0.0714. The normalized spacial score (nSPS) is 45.0. The number of carbonyl (C=O) groups excluding carboxylic acids is 2. The van der Waals surface area contributed by atoms with Gasteiger partial charge in [0, 0.05) is 23.5 Å². The van der Waals surface area contributed by atoms with Gasteiger partial charge in [-0.15, -0.1) is 0 Å². The van der Waals surface area contributed by atoms with E-state index in [1.165, 1.54) is 6.92 Å². The van der Waals surface area contributed by atoms with Crippen LogP contribution in [-0.4, -0.2) is 59.1 Å². The van der Waals surface area contributed by atoms with Crippen LogP contribution in [0.2, 0.25) is 0 Å². The summed E-state index contributed by atoms with van der Waals surface area (Å²) in [6.45, 7) is 9.11. The molecule has 3 unspecified atom stereocenters. The van der Waals surface area contributed by atoms with Crippen LogP contribution in [0.4, 0.5) is 0 Å². The van der Waals surface area contributed by atoms with E-state index in [1.807, 2.05) is 0 Å². The smallest absolute Gasteiger partial charge is 0.338 e. The fraction of sp³-hybridized carbons (Fsp3) is 0.667. The van der Waals surface area contributed by atoms with Gasteiger partial charge in [0.25, 0.3) is 0 Å². The maximum Gasteiger partial charge on any atom is 0.338 e. The van der Waals surface area contributed by atoms with Crippen molar-refractivity contribution in [3.63, 3.8) is 0 Å². The summed E-state index contributed by atoms with van der Waals surface area (Å²) >= 11 is 0. The van der Waals surface area contributed by atoms with Gasteiger partial charge in [-0.3, -0.25) is 0 Å². The van der Waals surface area contributed by atoms with E-state index in [-0.39, 0.29) is 18.7 Å². The molecule has 2 saturated heterocycles. The molecule has 0 aromatic rings. The van der Waals surface area contributed by atoms with E-state index < -0.39 is 46.2 Å². The van der Waals surface area contributed by atoms with Gasteiger partial charge in [-0.25, -0.2) is 9.59 Å². The van der Waals surface area contributed by atoms with Gasteiger partial charge in [-0.2, -0.15) is 0 Å². The SMILES string of the molecule is C=C1C(=O)OC2CC[N+]3([O-])CC=C(COC(=O)[C@](C)(O)C(C)[C@H]1C)[C@H]23. The monoisotopic (exact) mass is 351 g/mol. The highest BCUT2D eigenvalue weighted by Gasteiger charge is 2.51. The van der Waals surface area contributed by atoms with Crippen LogP contribution in [0.5, 0.6) is 0 Å². The van der Waals surface area contributed by atoms with Gasteiger partial charge in [0.15, 0.2) is 17.7 Å². The lowest BCUT2D eigenvalue weighted by Crippen LogP contribution is -2.50. The molecule has 1 N–H and O–H groups in total. The third kappa shape index (κ3) is 2.80. The number of cyclic esters (lactones) is 1. The molecule has 0 saturated carbocycles. The first-order chi connectivity index (χ1) is 11.6. The molecule has 7 nitrogen and oxygen atoms in total. The average Bonchev–Trinajstić information content (AvgIpc) is 3.05.